The van der Waals surface area contributed by atoms with Gasteiger partial charge in [-0.3, -0.25) is 4.55 Å². The summed E-state index contributed by atoms with van der Waals surface area (Å²) in [6, 6.07) is 5.30. The summed E-state index contributed by atoms with van der Waals surface area (Å²) in [5, 5.41) is 0. The Morgan fingerprint density at radius 1 is 0.885 bits per heavy atom. The Bertz CT molecular complexity index is 606. The van der Waals surface area contributed by atoms with E-state index < -0.39 is 10.1 Å². The van der Waals surface area contributed by atoms with Crippen molar-refractivity contribution in [3.05, 3.63) is 29.3 Å². The number of hydrogen-bond acceptors (Lipinski definition) is 2. The van der Waals surface area contributed by atoms with Crippen molar-refractivity contribution in [1.82, 2.24) is 0 Å². The Morgan fingerprint density at radius 2 is 1.50 bits per heavy atom. The first-order chi connectivity index (χ1) is 12.4. The average molecular weight is 383 g/mol. The molecular weight excluding hydrogens is 344 g/mol. The van der Waals surface area contributed by atoms with Crippen molar-refractivity contribution >= 4 is 10.1 Å². The molecule has 0 unspecified atom stereocenters. The average Bonchev–Trinajstić information content (AvgIpc) is 2.57. The fourth-order valence-electron chi connectivity index (χ4n) is 3.48. The van der Waals surface area contributed by atoms with Gasteiger partial charge in [0.25, 0.3) is 10.1 Å². The molecule has 1 aromatic rings. The lowest BCUT2D eigenvalue weighted by molar-refractivity contribution is 0.481. The van der Waals surface area contributed by atoms with Gasteiger partial charge in [0.1, 0.15) is 0 Å². The van der Waals surface area contributed by atoms with Crippen molar-refractivity contribution in [1.29, 1.82) is 0 Å². The van der Waals surface area contributed by atoms with Gasteiger partial charge < -0.3 is 0 Å². The van der Waals surface area contributed by atoms with Crippen LogP contribution in [0.5, 0.6) is 0 Å². The van der Waals surface area contributed by atoms with E-state index in [9.17, 15) is 13.0 Å². The summed E-state index contributed by atoms with van der Waals surface area (Å²) in [6.07, 6.45) is 13.7. The minimum absolute atomic E-state index is 0.105. The summed E-state index contributed by atoms with van der Waals surface area (Å²) in [5.74, 6) is 0.815. The quantitative estimate of drug-likeness (QED) is 0.291. The third-order valence-electron chi connectivity index (χ3n) is 5.02. The lowest BCUT2D eigenvalue weighted by atomic mass is 9.97. The zero-order valence-electron chi connectivity index (χ0n) is 17.0. The van der Waals surface area contributed by atoms with Crippen LogP contribution in [0.2, 0.25) is 0 Å². The minimum Gasteiger partial charge on any atom is -0.282 e. The van der Waals surface area contributed by atoms with Crippen LogP contribution in [0.3, 0.4) is 0 Å². The molecule has 26 heavy (non-hydrogen) atoms. The first-order valence-electron chi connectivity index (χ1n) is 10.4. The van der Waals surface area contributed by atoms with E-state index in [4.69, 9.17) is 0 Å². The predicted molar refractivity (Wildman–Crippen MR) is 110 cm³/mol. The third-order valence-corrected chi connectivity index (χ3v) is 5.95. The van der Waals surface area contributed by atoms with E-state index in [1.807, 2.05) is 6.07 Å². The highest BCUT2D eigenvalue weighted by atomic mass is 32.2. The van der Waals surface area contributed by atoms with E-state index >= 15 is 0 Å². The van der Waals surface area contributed by atoms with Gasteiger partial charge in [-0.2, -0.15) is 8.42 Å². The number of hydrogen-bond donors (Lipinski definition) is 1. The molecule has 0 aliphatic rings. The molecule has 0 spiro atoms. The number of unbranched alkanes of at least 4 members (excludes halogenated alkanes) is 7. The molecule has 3 nitrogen and oxygen atoms in total. The number of rotatable bonds is 14. The lowest BCUT2D eigenvalue weighted by Gasteiger charge is -2.13. The zero-order chi connectivity index (χ0) is 19.4. The second-order valence-corrected chi connectivity index (χ2v) is 9.27. The standard InChI is InChI=1S/C22H38O3S/c1-4-5-17-21-20(16-13-18-22(21)26(23,24)25)15-12-10-8-6-7-9-11-14-19(2)3/h13,16,18-19H,4-12,14-15,17H2,1-3H3,(H,23,24,25). The van der Waals surface area contributed by atoms with E-state index in [1.54, 1.807) is 6.07 Å². The minimum atomic E-state index is -4.14. The van der Waals surface area contributed by atoms with Gasteiger partial charge in [-0.15, -0.1) is 0 Å². The molecule has 0 radical (unpaired) electrons. The normalized spacial score (nSPS) is 12.0. The van der Waals surface area contributed by atoms with Crippen LogP contribution in [0.15, 0.2) is 23.1 Å². The van der Waals surface area contributed by atoms with E-state index in [1.165, 1.54) is 51.0 Å². The Hall–Kier alpha value is -0.870. The molecule has 4 heteroatoms. The van der Waals surface area contributed by atoms with Gasteiger partial charge in [0.05, 0.1) is 4.90 Å². The molecule has 0 saturated carbocycles. The second kappa shape index (κ2) is 12.5. The van der Waals surface area contributed by atoms with Gasteiger partial charge >= 0.3 is 0 Å². The molecule has 0 aliphatic heterocycles. The van der Waals surface area contributed by atoms with Crippen LogP contribution in [0, 0.1) is 5.92 Å². The van der Waals surface area contributed by atoms with Crippen LogP contribution in [0.25, 0.3) is 0 Å². The van der Waals surface area contributed by atoms with Crippen LogP contribution >= 0.6 is 0 Å². The maximum Gasteiger partial charge on any atom is 0.294 e. The SMILES string of the molecule is CCCCc1c(CCCCCCCCCC(C)C)cccc1S(=O)(=O)O. The summed E-state index contributed by atoms with van der Waals surface area (Å²) in [4.78, 5) is 0.105. The van der Waals surface area contributed by atoms with Gasteiger partial charge in [-0.05, 0) is 48.8 Å². The molecule has 150 valence electrons. The Balaban J connectivity index is 2.44. The fraction of sp³-hybridized carbons (Fsp3) is 0.727. The summed E-state index contributed by atoms with van der Waals surface area (Å²) < 4.78 is 32.8. The highest BCUT2D eigenvalue weighted by molar-refractivity contribution is 7.85. The van der Waals surface area contributed by atoms with Gasteiger partial charge in [0, 0.05) is 0 Å². The Labute approximate surface area is 161 Å². The van der Waals surface area contributed by atoms with Crippen molar-refractivity contribution in [2.75, 3.05) is 0 Å². The van der Waals surface area contributed by atoms with E-state index in [0.29, 0.717) is 0 Å². The molecule has 0 amide bonds. The molecule has 1 N–H and O–H groups in total. The largest absolute Gasteiger partial charge is 0.294 e. The van der Waals surface area contributed by atoms with Crippen LogP contribution in [0.4, 0.5) is 0 Å². The Morgan fingerprint density at radius 3 is 2.08 bits per heavy atom. The molecule has 0 fully saturated rings. The molecule has 1 aromatic carbocycles. The first-order valence-corrected chi connectivity index (χ1v) is 11.9. The topological polar surface area (TPSA) is 54.4 Å². The van der Waals surface area contributed by atoms with Crippen LogP contribution in [0.1, 0.15) is 96.1 Å². The van der Waals surface area contributed by atoms with E-state index in [-0.39, 0.29) is 4.90 Å². The van der Waals surface area contributed by atoms with Crippen LogP contribution in [-0.2, 0) is 23.0 Å². The molecule has 0 heterocycles. The summed E-state index contributed by atoms with van der Waals surface area (Å²) in [5.41, 5.74) is 1.91. The van der Waals surface area contributed by atoms with Crippen molar-refractivity contribution in [3.8, 4) is 0 Å². The first kappa shape index (κ1) is 23.2. The number of aryl methyl sites for hydroxylation is 1. The predicted octanol–water partition coefficient (Wildman–Crippen LogP) is 6.60. The van der Waals surface area contributed by atoms with Crippen LogP contribution in [-0.4, -0.2) is 13.0 Å². The monoisotopic (exact) mass is 382 g/mol. The Kier molecular flexibility index (Phi) is 11.1. The molecule has 0 saturated heterocycles. The van der Waals surface area contributed by atoms with Gasteiger partial charge in [-0.25, -0.2) is 0 Å². The van der Waals surface area contributed by atoms with Crippen LogP contribution < -0.4 is 0 Å². The van der Waals surface area contributed by atoms with Crippen molar-refractivity contribution in [3.63, 3.8) is 0 Å². The fourth-order valence-corrected chi connectivity index (χ4v) is 4.27. The molecular formula is C22H38O3S. The highest BCUT2D eigenvalue weighted by Gasteiger charge is 2.17. The lowest BCUT2D eigenvalue weighted by Crippen LogP contribution is -2.07. The highest BCUT2D eigenvalue weighted by Crippen LogP contribution is 2.24. The maximum absolute atomic E-state index is 11.7. The zero-order valence-corrected chi connectivity index (χ0v) is 17.8. The van der Waals surface area contributed by atoms with E-state index in [0.717, 1.165) is 49.1 Å². The maximum atomic E-state index is 11.7. The summed E-state index contributed by atoms with van der Waals surface area (Å²) in [6.45, 7) is 6.66. The molecule has 0 atom stereocenters. The third kappa shape index (κ3) is 9.18. The molecule has 0 aromatic heterocycles. The van der Waals surface area contributed by atoms with Crippen molar-refractivity contribution in [2.24, 2.45) is 5.92 Å². The van der Waals surface area contributed by atoms with Crippen molar-refractivity contribution < 1.29 is 13.0 Å². The molecule has 1 rings (SSSR count). The number of benzene rings is 1. The van der Waals surface area contributed by atoms with Gasteiger partial charge in [-0.1, -0.05) is 84.3 Å². The van der Waals surface area contributed by atoms with Crippen molar-refractivity contribution in [2.45, 2.75) is 103 Å². The molecule has 0 bridgehead atoms. The summed E-state index contributed by atoms with van der Waals surface area (Å²) >= 11 is 0. The molecule has 0 aliphatic carbocycles. The van der Waals surface area contributed by atoms with Gasteiger partial charge in [0.2, 0.25) is 0 Å². The summed E-state index contributed by atoms with van der Waals surface area (Å²) in [7, 11) is -4.14. The second-order valence-electron chi connectivity index (χ2n) is 7.88. The van der Waals surface area contributed by atoms with Gasteiger partial charge in [0.15, 0.2) is 0 Å². The van der Waals surface area contributed by atoms with E-state index in [2.05, 4.69) is 20.8 Å². The smallest absolute Gasteiger partial charge is 0.282 e.